The molecule has 0 aromatic heterocycles. The molecule has 0 saturated heterocycles. The molecule has 8 heavy (non-hydrogen) atoms. The quantitative estimate of drug-likeness (QED) is 0.557. The largest absolute Gasteiger partial charge is 0.402 e. The summed E-state index contributed by atoms with van der Waals surface area (Å²) in [6, 6.07) is 0. The van der Waals surface area contributed by atoms with E-state index >= 15 is 0 Å². The first kappa shape index (κ1) is 7.79. The first-order valence-corrected chi connectivity index (χ1v) is 2.51. The van der Waals surface area contributed by atoms with Crippen LogP contribution in [0.25, 0.3) is 0 Å². The van der Waals surface area contributed by atoms with E-state index in [4.69, 9.17) is 5.73 Å². The summed E-state index contributed by atoms with van der Waals surface area (Å²) >= 11 is 0. The van der Waals surface area contributed by atoms with Gasteiger partial charge in [0.2, 0.25) is 0 Å². The van der Waals surface area contributed by atoms with E-state index in [0.29, 0.717) is 0 Å². The molecule has 0 aromatic carbocycles. The van der Waals surface area contributed by atoms with Crippen LogP contribution in [0.1, 0.15) is 12.8 Å². The first-order valence-electron chi connectivity index (χ1n) is 2.51. The van der Waals surface area contributed by atoms with Gasteiger partial charge in [-0.3, -0.25) is 0 Å². The Morgan fingerprint density at radius 2 is 2.25 bits per heavy atom. The molecule has 1 radical (unpaired) electrons. The van der Waals surface area contributed by atoms with Crippen LogP contribution in [0.3, 0.4) is 0 Å². The molecule has 0 bridgehead atoms. The van der Waals surface area contributed by atoms with Crippen LogP contribution in [0.5, 0.6) is 0 Å². The van der Waals surface area contributed by atoms with E-state index in [1.165, 1.54) is 0 Å². The fourth-order valence-electron chi connectivity index (χ4n) is 0.621. The Morgan fingerprint density at radius 1 is 1.50 bits per heavy atom. The maximum atomic E-state index is 5.44. The van der Waals surface area contributed by atoms with Crippen molar-refractivity contribution in [1.82, 2.24) is 0 Å². The summed E-state index contributed by atoms with van der Waals surface area (Å²) in [5.74, 6) is 0. The summed E-state index contributed by atoms with van der Waals surface area (Å²) in [7, 11) is 0. The molecule has 0 fully saturated rings. The Morgan fingerprint density at radius 3 is 2.50 bits per heavy atom. The fraction of sp³-hybridized carbons (Fsp3) is 0.333. The molecule has 2 N–H and O–H groups in total. The average molecular weight is 154 g/mol. The molecular formula is C6H9CoN. The van der Waals surface area contributed by atoms with Gasteiger partial charge in [-0.25, -0.2) is 0 Å². The molecule has 1 aliphatic carbocycles. The number of hydrogen-bond acceptors (Lipinski definition) is 1. The molecule has 0 spiro atoms. The minimum Gasteiger partial charge on any atom is -0.402 e. The topological polar surface area (TPSA) is 26.0 Å². The summed E-state index contributed by atoms with van der Waals surface area (Å²) in [4.78, 5) is 0. The summed E-state index contributed by atoms with van der Waals surface area (Å²) in [6.45, 7) is 0. The smallest absolute Gasteiger partial charge is 0.00834 e. The summed E-state index contributed by atoms with van der Waals surface area (Å²) in [6.07, 6.45) is 8.22. The van der Waals surface area contributed by atoms with Crippen molar-refractivity contribution in [1.29, 1.82) is 0 Å². The van der Waals surface area contributed by atoms with Gasteiger partial charge in [0.1, 0.15) is 0 Å². The molecule has 1 nitrogen and oxygen atoms in total. The van der Waals surface area contributed by atoms with E-state index in [-0.39, 0.29) is 16.8 Å². The van der Waals surface area contributed by atoms with Crippen molar-refractivity contribution in [3.8, 4) is 0 Å². The van der Waals surface area contributed by atoms with Crippen molar-refractivity contribution < 1.29 is 16.8 Å². The first-order chi connectivity index (χ1) is 3.39. The van der Waals surface area contributed by atoms with Crippen LogP contribution in [0.2, 0.25) is 0 Å². The van der Waals surface area contributed by atoms with Crippen LogP contribution in [0.4, 0.5) is 0 Å². The van der Waals surface area contributed by atoms with E-state index in [2.05, 4.69) is 6.08 Å². The second-order valence-corrected chi connectivity index (χ2v) is 1.71. The Balaban J connectivity index is 0.000000490. The summed E-state index contributed by atoms with van der Waals surface area (Å²) in [5, 5.41) is 0. The van der Waals surface area contributed by atoms with E-state index in [1.807, 2.05) is 12.2 Å². The number of allylic oxidation sites excluding steroid dienone is 4. The molecule has 0 aromatic rings. The minimum atomic E-state index is 0. The van der Waals surface area contributed by atoms with Gasteiger partial charge < -0.3 is 5.73 Å². The zero-order valence-corrected chi connectivity index (χ0v) is 5.60. The van der Waals surface area contributed by atoms with Gasteiger partial charge in [0.05, 0.1) is 0 Å². The third-order valence-electron chi connectivity index (χ3n) is 1.05. The Bertz CT molecular complexity index is 116. The van der Waals surface area contributed by atoms with Gasteiger partial charge in [0, 0.05) is 22.5 Å². The van der Waals surface area contributed by atoms with E-state index < -0.39 is 0 Å². The Kier molecular flexibility index (Phi) is 3.65. The van der Waals surface area contributed by atoms with Crippen molar-refractivity contribution in [3.63, 3.8) is 0 Å². The van der Waals surface area contributed by atoms with Crippen molar-refractivity contribution >= 4 is 0 Å². The molecule has 1 aliphatic rings. The minimum absolute atomic E-state index is 0. The zero-order chi connectivity index (χ0) is 5.11. The third-order valence-corrected chi connectivity index (χ3v) is 1.05. The fourth-order valence-corrected chi connectivity index (χ4v) is 0.621. The van der Waals surface area contributed by atoms with Crippen molar-refractivity contribution in [2.24, 2.45) is 5.73 Å². The van der Waals surface area contributed by atoms with Crippen molar-refractivity contribution in [2.75, 3.05) is 0 Å². The maximum absolute atomic E-state index is 5.44. The van der Waals surface area contributed by atoms with E-state index in [1.54, 1.807) is 0 Å². The van der Waals surface area contributed by atoms with Gasteiger partial charge >= 0.3 is 0 Å². The predicted octanol–water partition coefficient (Wildman–Crippen LogP) is 1.18. The van der Waals surface area contributed by atoms with Crippen LogP contribution in [-0.2, 0) is 16.8 Å². The van der Waals surface area contributed by atoms with Crippen LogP contribution in [0.15, 0.2) is 23.9 Å². The molecular weight excluding hydrogens is 145 g/mol. The maximum Gasteiger partial charge on any atom is 0.00834 e. The number of rotatable bonds is 0. The normalized spacial score (nSPS) is 16.8. The van der Waals surface area contributed by atoms with Crippen molar-refractivity contribution in [2.45, 2.75) is 12.8 Å². The molecule has 1 rings (SSSR count). The average Bonchev–Trinajstić information content (AvgIpc) is 1.69. The second-order valence-electron chi connectivity index (χ2n) is 1.71. The molecule has 0 amide bonds. The van der Waals surface area contributed by atoms with Crippen LogP contribution < -0.4 is 5.73 Å². The van der Waals surface area contributed by atoms with Gasteiger partial charge in [-0.15, -0.1) is 0 Å². The van der Waals surface area contributed by atoms with E-state index in [9.17, 15) is 0 Å². The molecule has 0 aliphatic heterocycles. The zero-order valence-electron chi connectivity index (χ0n) is 4.56. The van der Waals surface area contributed by atoms with Gasteiger partial charge in [-0.05, 0) is 18.9 Å². The monoisotopic (exact) mass is 154 g/mol. The van der Waals surface area contributed by atoms with Gasteiger partial charge in [-0.1, -0.05) is 12.2 Å². The molecule has 2 heteroatoms. The van der Waals surface area contributed by atoms with Gasteiger partial charge in [0.15, 0.2) is 0 Å². The van der Waals surface area contributed by atoms with E-state index in [0.717, 1.165) is 18.5 Å². The Labute approximate surface area is 59.8 Å². The molecule has 0 heterocycles. The van der Waals surface area contributed by atoms with Crippen LogP contribution in [0, 0.1) is 0 Å². The molecule has 0 saturated carbocycles. The van der Waals surface area contributed by atoms with Crippen LogP contribution >= 0.6 is 0 Å². The second kappa shape index (κ2) is 3.75. The molecule has 0 unspecified atom stereocenters. The van der Waals surface area contributed by atoms with Gasteiger partial charge in [0.25, 0.3) is 0 Å². The van der Waals surface area contributed by atoms with Crippen molar-refractivity contribution in [3.05, 3.63) is 23.9 Å². The number of hydrogen-bond donors (Lipinski definition) is 1. The van der Waals surface area contributed by atoms with Gasteiger partial charge in [-0.2, -0.15) is 0 Å². The SMILES string of the molecule is NC1=CC=CCC1.[Co]. The number of nitrogens with two attached hydrogens (primary N) is 1. The molecule has 47 valence electrons. The standard InChI is InChI=1S/C6H9N.Co/c7-6-4-2-1-3-5-6;/h1-2,4H,3,5,7H2;. The summed E-state index contributed by atoms with van der Waals surface area (Å²) in [5.41, 5.74) is 6.45. The molecule has 0 atom stereocenters. The third kappa shape index (κ3) is 2.19. The van der Waals surface area contributed by atoms with Crippen LogP contribution in [-0.4, -0.2) is 0 Å². The Hall–Kier alpha value is -0.214. The summed E-state index contributed by atoms with van der Waals surface area (Å²) < 4.78 is 0. The predicted molar refractivity (Wildman–Crippen MR) is 30.6 cm³/mol.